The third-order valence-corrected chi connectivity index (χ3v) is 5.93. The van der Waals surface area contributed by atoms with Crippen LogP contribution in [0.3, 0.4) is 0 Å². The van der Waals surface area contributed by atoms with Gasteiger partial charge in [-0.05, 0) is 49.9 Å². The fourth-order valence-corrected chi connectivity index (χ4v) is 4.27. The molecule has 3 nitrogen and oxygen atoms in total. The van der Waals surface area contributed by atoms with Crippen molar-refractivity contribution in [1.29, 1.82) is 0 Å². The Labute approximate surface area is 154 Å². The fraction of sp³-hybridized carbons (Fsp3) is 0.650. The van der Waals surface area contributed by atoms with Crippen molar-refractivity contribution in [3.05, 3.63) is 34.3 Å². The molecule has 1 aromatic carbocycles. The Morgan fingerprint density at radius 3 is 2.46 bits per heavy atom. The highest BCUT2D eigenvalue weighted by atomic mass is 79.9. The number of rotatable bonds is 4. The van der Waals surface area contributed by atoms with Crippen LogP contribution in [-0.4, -0.2) is 29.9 Å². The Hall–Kier alpha value is -0.870. The van der Waals surface area contributed by atoms with E-state index in [-0.39, 0.29) is 5.92 Å². The largest absolute Gasteiger partial charge is 0.353 e. The summed E-state index contributed by atoms with van der Waals surface area (Å²) in [6.07, 6.45) is 9.70. The SMILES string of the molecule is O=C(NC1CCCCCC1)C1CCCN(Cc2ccc(Br)cc2)C1. The number of carbonyl (C=O) groups excluding carboxylic acids is 1. The molecule has 1 saturated carbocycles. The zero-order chi connectivity index (χ0) is 16.8. The van der Waals surface area contributed by atoms with Gasteiger partial charge in [0, 0.05) is 23.6 Å². The summed E-state index contributed by atoms with van der Waals surface area (Å²) in [5.74, 6) is 0.458. The van der Waals surface area contributed by atoms with Crippen molar-refractivity contribution >= 4 is 21.8 Å². The van der Waals surface area contributed by atoms with Gasteiger partial charge in [0.1, 0.15) is 0 Å². The summed E-state index contributed by atoms with van der Waals surface area (Å²) in [5.41, 5.74) is 1.32. The first-order valence-corrected chi connectivity index (χ1v) is 10.3. The van der Waals surface area contributed by atoms with E-state index in [1.165, 1.54) is 44.1 Å². The number of piperidine rings is 1. The van der Waals surface area contributed by atoms with E-state index >= 15 is 0 Å². The number of amides is 1. The van der Waals surface area contributed by atoms with Crippen molar-refractivity contribution in [3.63, 3.8) is 0 Å². The first-order chi connectivity index (χ1) is 11.7. The molecule has 0 spiro atoms. The minimum atomic E-state index is 0.164. The highest BCUT2D eigenvalue weighted by Crippen LogP contribution is 2.22. The maximum atomic E-state index is 12.7. The monoisotopic (exact) mass is 392 g/mol. The smallest absolute Gasteiger partial charge is 0.224 e. The second-order valence-corrected chi connectivity index (χ2v) is 8.31. The van der Waals surface area contributed by atoms with Crippen LogP contribution < -0.4 is 5.32 Å². The molecule has 1 saturated heterocycles. The number of hydrogen-bond acceptors (Lipinski definition) is 2. The quantitative estimate of drug-likeness (QED) is 0.764. The lowest BCUT2D eigenvalue weighted by Crippen LogP contribution is -2.45. The van der Waals surface area contributed by atoms with E-state index in [4.69, 9.17) is 0 Å². The Morgan fingerprint density at radius 1 is 1.04 bits per heavy atom. The van der Waals surface area contributed by atoms with Crippen molar-refractivity contribution in [3.8, 4) is 0 Å². The molecule has 2 fully saturated rings. The topological polar surface area (TPSA) is 32.3 Å². The Balaban J connectivity index is 1.50. The van der Waals surface area contributed by atoms with Crippen molar-refractivity contribution < 1.29 is 4.79 Å². The molecule has 1 heterocycles. The molecule has 3 rings (SSSR count). The van der Waals surface area contributed by atoms with Crippen LogP contribution in [0.2, 0.25) is 0 Å². The van der Waals surface area contributed by atoms with Gasteiger partial charge in [0.15, 0.2) is 0 Å². The minimum absolute atomic E-state index is 0.164. The summed E-state index contributed by atoms with van der Waals surface area (Å²) in [4.78, 5) is 15.1. The molecule has 0 bridgehead atoms. The average Bonchev–Trinajstić information content (AvgIpc) is 2.86. The first kappa shape index (κ1) is 17.9. The number of halogens is 1. The van der Waals surface area contributed by atoms with Crippen LogP contribution >= 0.6 is 15.9 Å². The van der Waals surface area contributed by atoms with Gasteiger partial charge in [-0.25, -0.2) is 0 Å². The van der Waals surface area contributed by atoms with Crippen molar-refractivity contribution in [2.75, 3.05) is 13.1 Å². The van der Waals surface area contributed by atoms with Crippen molar-refractivity contribution in [1.82, 2.24) is 10.2 Å². The van der Waals surface area contributed by atoms with E-state index in [1.54, 1.807) is 0 Å². The predicted octanol–water partition coefficient (Wildman–Crippen LogP) is 4.50. The van der Waals surface area contributed by atoms with E-state index in [0.717, 1.165) is 36.9 Å². The zero-order valence-electron chi connectivity index (χ0n) is 14.5. The molecule has 1 aromatic rings. The maximum absolute atomic E-state index is 12.7. The van der Waals surface area contributed by atoms with E-state index in [1.807, 2.05) is 0 Å². The third kappa shape index (κ3) is 5.32. The van der Waals surface area contributed by atoms with Crippen LogP contribution in [0, 0.1) is 5.92 Å². The Morgan fingerprint density at radius 2 is 1.75 bits per heavy atom. The van der Waals surface area contributed by atoms with E-state index in [9.17, 15) is 4.79 Å². The van der Waals surface area contributed by atoms with Crippen LogP contribution in [-0.2, 0) is 11.3 Å². The van der Waals surface area contributed by atoms with Crippen LogP contribution in [0.5, 0.6) is 0 Å². The molecular formula is C20H29BrN2O. The molecule has 2 aliphatic rings. The molecule has 4 heteroatoms. The van der Waals surface area contributed by atoms with Gasteiger partial charge in [-0.1, -0.05) is 53.7 Å². The molecule has 1 aliphatic carbocycles. The molecule has 0 aromatic heterocycles. The normalized spacial score (nSPS) is 23.6. The highest BCUT2D eigenvalue weighted by molar-refractivity contribution is 9.10. The summed E-state index contributed by atoms with van der Waals surface area (Å²) in [6, 6.07) is 8.94. The third-order valence-electron chi connectivity index (χ3n) is 5.40. The lowest BCUT2D eigenvalue weighted by Gasteiger charge is -2.33. The number of nitrogens with one attached hydrogen (secondary N) is 1. The molecule has 1 unspecified atom stereocenters. The molecule has 1 aliphatic heterocycles. The number of nitrogens with zero attached hydrogens (tertiary/aromatic N) is 1. The first-order valence-electron chi connectivity index (χ1n) is 9.48. The Kier molecular flexibility index (Phi) is 6.73. The average molecular weight is 393 g/mol. The van der Waals surface area contributed by atoms with Crippen LogP contribution in [0.1, 0.15) is 56.9 Å². The summed E-state index contributed by atoms with van der Waals surface area (Å²) in [5, 5.41) is 3.35. The summed E-state index contributed by atoms with van der Waals surface area (Å²) < 4.78 is 1.12. The minimum Gasteiger partial charge on any atom is -0.353 e. The lowest BCUT2D eigenvalue weighted by molar-refractivity contribution is -0.127. The van der Waals surface area contributed by atoms with Crippen LogP contribution in [0.15, 0.2) is 28.7 Å². The number of carbonyl (C=O) groups is 1. The van der Waals surface area contributed by atoms with Gasteiger partial charge in [0.05, 0.1) is 5.92 Å². The molecular weight excluding hydrogens is 364 g/mol. The molecule has 1 N–H and O–H groups in total. The second-order valence-electron chi connectivity index (χ2n) is 7.40. The van der Waals surface area contributed by atoms with Gasteiger partial charge < -0.3 is 5.32 Å². The Bertz CT molecular complexity index is 523. The van der Waals surface area contributed by atoms with E-state index in [0.29, 0.717) is 11.9 Å². The molecule has 0 radical (unpaired) electrons. The van der Waals surface area contributed by atoms with Gasteiger partial charge in [0.2, 0.25) is 5.91 Å². The van der Waals surface area contributed by atoms with Gasteiger partial charge in [-0.2, -0.15) is 0 Å². The molecule has 1 amide bonds. The van der Waals surface area contributed by atoms with Crippen LogP contribution in [0.25, 0.3) is 0 Å². The van der Waals surface area contributed by atoms with Gasteiger partial charge >= 0.3 is 0 Å². The number of benzene rings is 1. The molecule has 24 heavy (non-hydrogen) atoms. The summed E-state index contributed by atoms with van der Waals surface area (Å²) in [6.45, 7) is 2.94. The highest BCUT2D eigenvalue weighted by Gasteiger charge is 2.27. The van der Waals surface area contributed by atoms with Gasteiger partial charge in [-0.3, -0.25) is 9.69 Å². The van der Waals surface area contributed by atoms with Gasteiger partial charge in [-0.15, -0.1) is 0 Å². The van der Waals surface area contributed by atoms with Crippen molar-refractivity contribution in [2.24, 2.45) is 5.92 Å². The lowest BCUT2D eigenvalue weighted by atomic mass is 9.95. The van der Waals surface area contributed by atoms with Gasteiger partial charge in [0.25, 0.3) is 0 Å². The van der Waals surface area contributed by atoms with E-state index < -0.39 is 0 Å². The van der Waals surface area contributed by atoms with Crippen molar-refractivity contribution in [2.45, 2.75) is 64.0 Å². The number of hydrogen-bond donors (Lipinski definition) is 1. The molecule has 1 atom stereocenters. The van der Waals surface area contributed by atoms with E-state index in [2.05, 4.69) is 50.4 Å². The predicted molar refractivity (Wildman–Crippen MR) is 102 cm³/mol. The molecule has 132 valence electrons. The summed E-state index contributed by atoms with van der Waals surface area (Å²) in [7, 11) is 0. The zero-order valence-corrected chi connectivity index (χ0v) is 16.1. The second kappa shape index (κ2) is 9.00. The maximum Gasteiger partial charge on any atom is 0.224 e. The summed E-state index contributed by atoms with van der Waals surface area (Å²) >= 11 is 3.49. The fourth-order valence-electron chi connectivity index (χ4n) is 4.00. The number of likely N-dealkylation sites (tertiary alicyclic amines) is 1. The standard InChI is InChI=1S/C20H29BrN2O/c21-18-11-9-16(10-12-18)14-23-13-5-6-17(15-23)20(24)22-19-7-3-1-2-4-8-19/h9-12,17,19H,1-8,13-15H2,(H,22,24). The van der Waals surface area contributed by atoms with Crippen LogP contribution in [0.4, 0.5) is 0 Å².